The van der Waals surface area contributed by atoms with Crippen molar-refractivity contribution in [2.75, 3.05) is 5.32 Å². The molecule has 134 valence electrons. The Morgan fingerprint density at radius 1 is 0.889 bits per heavy atom. The molecule has 27 heavy (non-hydrogen) atoms. The van der Waals surface area contributed by atoms with Gasteiger partial charge in [0.25, 0.3) is 0 Å². The fourth-order valence-electron chi connectivity index (χ4n) is 2.97. The maximum Gasteiger partial charge on any atom is 0.123 e. The van der Waals surface area contributed by atoms with E-state index in [2.05, 4.69) is 36.5 Å². The summed E-state index contributed by atoms with van der Waals surface area (Å²) < 4.78 is 15.2. The molecule has 4 aromatic rings. The Morgan fingerprint density at radius 2 is 1.59 bits per heavy atom. The smallest absolute Gasteiger partial charge is 0.123 e. The van der Waals surface area contributed by atoms with Gasteiger partial charge in [-0.05, 0) is 55.5 Å². The van der Waals surface area contributed by atoms with Crippen LogP contribution in [0.4, 0.5) is 10.1 Å². The molecule has 0 unspecified atom stereocenters. The minimum absolute atomic E-state index is 0.249. The van der Waals surface area contributed by atoms with Crippen molar-refractivity contribution < 1.29 is 4.39 Å². The van der Waals surface area contributed by atoms with Crippen LogP contribution in [0, 0.1) is 12.7 Å². The van der Waals surface area contributed by atoms with Crippen LogP contribution in [-0.2, 0) is 6.54 Å². The number of aryl methyl sites for hydroxylation is 1. The van der Waals surface area contributed by atoms with E-state index in [1.165, 1.54) is 17.7 Å². The molecule has 0 aliphatic heterocycles. The molecule has 0 aliphatic carbocycles. The fourth-order valence-corrected chi connectivity index (χ4v) is 2.97. The number of halogens is 1. The van der Waals surface area contributed by atoms with Crippen molar-refractivity contribution in [3.63, 3.8) is 0 Å². The van der Waals surface area contributed by atoms with E-state index in [0.717, 1.165) is 28.2 Å². The molecule has 1 aromatic heterocycles. The number of para-hydroxylation sites is 1. The molecule has 4 rings (SSSR count). The third-order valence-corrected chi connectivity index (χ3v) is 4.46. The molecular weight excluding hydrogens is 337 g/mol. The molecule has 3 nitrogen and oxygen atoms in total. The van der Waals surface area contributed by atoms with Crippen molar-refractivity contribution in [1.82, 2.24) is 9.78 Å². The molecule has 0 atom stereocenters. The summed E-state index contributed by atoms with van der Waals surface area (Å²) in [6, 6.07) is 24.7. The minimum Gasteiger partial charge on any atom is -0.381 e. The largest absolute Gasteiger partial charge is 0.381 e. The highest BCUT2D eigenvalue weighted by atomic mass is 19.1. The summed E-state index contributed by atoms with van der Waals surface area (Å²) in [5, 5.41) is 8.21. The van der Waals surface area contributed by atoms with Gasteiger partial charge in [0.05, 0.1) is 11.4 Å². The van der Waals surface area contributed by atoms with E-state index in [-0.39, 0.29) is 5.82 Å². The topological polar surface area (TPSA) is 29.9 Å². The third kappa shape index (κ3) is 3.90. The number of anilines is 1. The number of nitrogens with one attached hydrogen (secondary N) is 1. The summed E-state index contributed by atoms with van der Waals surface area (Å²) >= 11 is 0. The summed E-state index contributed by atoms with van der Waals surface area (Å²) in [6.07, 6.45) is 2.02. The molecule has 0 saturated heterocycles. The number of hydrogen-bond acceptors (Lipinski definition) is 2. The highest BCUT2D eigenvalue weighted by molar-refractivity contribution is 5.64. The lowest BCUT2D eigenvalue weighted by Crippen LogP contribution is -2.00. The van der Waals surface area contributed by atoms with E-state index >= 15 is 0 Å². The van der Waals surface area contributed by atoms with Crippen LogP contribution < -0.4 is 5.32 Å². The second-order valence-corrected chi connectivity index (χ2v) is 6.51. The first-order valence-corrected chi connectivity index (χ1v) is 8.89. The molecular formula is C23H20FN3. The summed E-state index contributed by atoms with van der Waals surface area (Å²) in [6.45, 7) is 2.70. The zero-order valence-electron chi connectivity index (χ0n) is 15.1. The van der Waals surface area contributed by atoms with Gasteiger partial charge in [0.1, 0.15) is 5.82 Å². The second kappa shape index (κ2) is 7.46. The van der Waals surface area contributed by atoms with Crippen LogP contribution in [-0.4, -0.2) is 9.78 Å². The molecule has 0 bridgehead atoms. The van der Waals surface area contributed by atoms with Crippen molar-refractivity contribution >= 4 is 5.69 Å². The number of benzene rings is 3. The second-order valence-electron chi connectivity index (χ2n) is 6.51. The first kappa shape index (κ1) is 17.0. The van der Waals surface area contributed by atoms with Crippen molar-refractivity contribution in [3.8, 4) is 16.9 Å². The summed E-state index contributed by atoms with van der Waals surface area (Å²) in [5.74, 6) is -0.249. The Balaban J connectivity index is 1.68. The fraction of sp³-hybridized carbons (Fsp3) is 0.0870. The van der Waals surface area contributed by atoms with E-state index in [1.807, 2.05) is 41.2 Å². The summed E-state index contributed by atoms with van der Waals surface area (Å²) in [4.78, 5) is 0. The van der Waals surface area contributed by atoms with E-state index in [9.17, 15) is 4.39 Å². The zero-order chi connectivity index (χ0) is 18.6. The van der Waals surface area contributed by atoms with Crippen LogP contribution >= 0.6 is 0 Å². The number of aromatic nitrogens is 2. The molecule has 4 heteroatoms. The molecule has 1 N–H and O–H groups in total. The lowest BCUT2D eigenvalue weighted by molar-refractivity contribution is 0.628. The molecule has 0 spiro atoms. The predicted octanol–water partition coefficient (Wildman–Crippen LogP) is 5.60. The Morgan fingerprint density at radius 3 is 2.30 bits per heavy atom. The quantitative estimate of drug-likeness (QED) is 0.504. The zero-order valence-corrected chi connectivity index (χ0v) is 15.1. The van der Waals surface area contributed by atoms with E-state index < -0.39 is 0 Å². The Kier molecular flexibility index (Phi) is 4.71. The normalized spacial score (nSPS) is 10.7. The van der Waals surface area contributed by atoms with E-state index in [0.29, 0.717) is 6.54 Å². The Bertz CT molecular complexity index is 1020. The molecule has 0 saturated carbocycles. The maximum atomic E-state index is 13.3. The number of hydrogen-bond donors (Lipinski definition) is 1. The van der Waals surface area contributed by atoms with Gasteiger partial charge in [0.15, 0.2) is 0 Å². The van der Waals surface area contributed by atoms with Crippen LogP contribution in [0.2, 0.25) is 0 Å². The van der Waals surface area contributed by atoms with E-state index in [4.69, 9.17) is 5.10 Å². The van der Waals surface area contributed by atoms with Crippen molar-refractivity contribution in [3.05, 3.63) is 102 Å². The maximum absolute atomic E-state index is 13.3. The van der Waals surface area contributed by atoms with E-state index in [1.54, 1.807) is 12.1 Å². The van der Waals surface area contributed by atoms with Gasteiger partial charge in [-0.2, -0.15) is 5.10 Å². The first-order chi connectivity index (χ1) is 13.2. The Labute approximate surface area is 158 Å². The predicted molar refractivity (Wildman–Crippen MR) is 107 cm³/mol. The molecule has 0 amide bonds. The molecule has 3 aromatic carbocycles. The average Bonchev–Trinajstić information content (AvgIpc) is 3.13. The molecule has 1 heterocycles. The highest BCUT2D eigenvalue weighted by Gasteiger charge is 2.12. The van der Waals surface area contributed by atoms with Crippen molar-refractivity contribution in [2.45, 2.75) is 13.5 Å². The SMILES string of the molecule is Cc1ccc(NCc2cn(-c3ccccc3)nc2-c2ccc(F)cc2)cc1. The van der Waals surface area contributed by atoms with Crippen LogP contribution in [0.3, 0.4) is 0 Å². The van der Waals surface area contributed by atoms with Gasteiger partial charge in [-0.3, -0.25) is 0 Å². The lowest BCUT2D eigenvalue weighted by atomic mass is 10.1. The highest BCUT2D eigenvalue weighted by Crippen LogP contribution is 2.25. The average molecular weight is 357 g/mol. The van der Waals surface area contributed by atoms with Crippen molar-refractivity contribution in [2.24, 2.45) is 0 Å². The van der Waals surface area contributed by atoms with Gasteiger partial charge in [0, 0.05) is 29.6 Å². The van der Waals surface area contributed by atoms with Gasteiger partial charge < -0.3 is 5.32 Å². The molecule has 0 fully saturated rings. The van der Waals surface area contributed by atoms with Gasteiger partial charge >= 0.3 is 0 Å². The minimum atomic E-state index is -0.249. The first-order valence-electron chi connectivity index (χ1n) is 8.89. The van der Waals surface area contributed by atoms with Crippen LogP contribution in [0.25, 0.3) is 16.9 Å². The number of rotatable bonds is 5. The number of nitrogens with zero attached hydrogens (tertiary/aromatic N) is 2. The van der Waals surface area contributed by atoms with Crippen LogP contribution in [0.5, 0.6) is 0 Å². The molecule has 0 aliphatic rings. The van der Waals surface area contributed by atoms with Gasteiger partial charge in [0.2, 0.25) is 0 Å². The summed E-state index contributed by atoms with van der Waals surface area (Å²) in [7, 11) is 0. The monoisotopic (exact) mass is 357 g/mol. The van der Waals surface area contributed by atoms with Gasteiger partial charge in [-0.15, -0.1) is 0 Å². The summed E-state index contributed by atoms with van der Waals surface area (Å²) in [5.41, 5.74) is 6.06. The molecule has 0 radical (unpaired) electrons. The standard InChI is InChI=1S/C23H20FN3/c1-17-7-13-21(14-8-17)25-15-19-16-27(22-5-3-2-4-6-22)26-23(19)18-9-11-20(24)12-10-18/h2-14,16,25H,15H2,1H3. The van der Waals surface area contributed by atoms with Crippen molar-refractivity contribution in [1.29, 1.82) is 0 Å². The van der Waals surface area contributed by atoms with Crippen LogP contribution in [0.1, 0.15) is 11.1 Å². The van der Waals surface area contributed by atoms with Gasteiger partial charge in [-0.1, -0.05) is 35.9 Å². The third-order valence-electron chi connectivity index (χ3n) is 4.46. The lowest BCUT2D eigenvalue weighted by Gasteiger charge is -2.07. The van der Waals surface area contributed by atoms with Gasteiger partial charge in [-0.25, -0.2) is 9.07 Å². The Hall–Kier alpha value is -3.40. The van der Waals surface area contributed by atoms with Crippen LogP contribution in [0.15, 0.2) is 85.1 Å².